The first-order chi connectivity index (χ1) is 12.7. The number of nitrogens with zero attached hydrogens (tertiary/aromatic N) is 1. The smallest absolute Gasteiger partial charge is 0.121 e. The van der Waals surface area contributed by atoms with Crippen molar-refractivity contribution in [2.24, 2.45) is 11.8 Å². The van der Waals surface area contributed by atoms with Gasteiger partial charge in [-0.2, -0.15) is 0 Å². The molecule has 0 aliphatic heterocycles. The van der Waals surface area contributed by atoms with Crippen LogP contribution >= 0.6 is 0 Å². The van der Waals surface area contributed by atoms with Gasteiger partial charge in [0, 0.05) is 18.6 Å². The van der Waals surface area contributed by atoms with Crippen molar-refractivity contribution in [2.45, 2.75) is 60.1 Å². The molecule has 2 aromatic rings. The summed E-state index contributed by atoms with van der Waals surface area (Å²) in [5.41, 5.74) is 2.57. The van der Waals surface area contributed by atoms with Gasteiger partial charge in [0.2, 0.25) is 0 Å². The Balaban J connectivity index is 2.35. The predicted molar refractivity (Wildman–Crippen MR) is 116 cm³/mol. The first-order valence-electron chi connectivity index (χ1n) is 10.3. The normalized spacial score (nSPS) is 13.4. The highest BCUT2D eigenvalue weighted by molar-refractivity contribution is 5.35. The third-order valence-electron chi connectivity index (χ3n) is 5.08. The number of para-hydroxylation sites is 1. The average Bonchev–Trinajstić information content (AvgIpc) is 2.61. The second-order valence-electron chi connectivity index (χ2n) is 8.91. The van der Waals surface area contributed by atoms with Gasteiger partial charge in [-0.05, 0) is 55.9 Å². The minimum atomic E-state index is -0.0561. The summed E-state index contributed by atoms with van der Waals surface area (Å²) in [5, 5.41) is 0. The molecule has 0 radical (unpaired) electrons. The highest BCUT2D eigenvalue weighted by atomic mass is 16.5. The molecule has 0 saturated heterocycles. The van der Waals surface area contributed by atoms with Crippen LogP contribution in [0.4, 0.5) is 0 Å². The predicted octanol–water partition coefficient (Wildman–Crippen LogP) is 6.68. The molecule has 0 amide bonds. The summed E-state index contributed by atoms with van der Waals surface area (Å²) < 4.78 is 6.26. The summed E-state index contributed by atoms with van der Waals surface area (Å²) >= 11 is 0. The van der Waals surface area contributed by atoms with E-state index in [-0.39, 0.29) is 11.6 Å². The zero-order valence-electron chi connectivity index (χ0n) is 18.2. The monoisotopic (exact) mass is 367 g/mol. The Morgan fingerprint density at radius 3 is 1.85 bits per heavy atom. The van der Waals surface area contributed by atoms with E-state index in [1.54, 1.807) is 0 Å². The fourth-order valence-electron chi connectivity index (χ4n) is 3.76. The van der Waals surface area contributed by atoms with Crippen LogP contribution in [0.15, 0.2) is 54.6 Å². The van der Waals surface area contributed by atoms with Crippen LogP contribution in [0.3, 0.4) is 0 Å². The van der Waals surface area contributed by atoms with Crippen LogP contribution < -0.4 is 4.74 Å². The molecule has 2 heteroatoms. The van der Waals surface area contributed by atoms with Gasteiger partial charge in [-0.15, -0.1) is 0 Å². The average molecular weight is 368 g/mol. The zero-order valence-corrected chi connectivity index (χ0v) is 18.2. The molecule has 1 atom stereocenters. The van der Waals surface area contributed by atoms with Gasteiger partial charge in [-0.1, -0.05) is 70.2 Å². The van der Waals surface area contributed by atoms with Crippen LogP contribution in [0, 0.1) is 11.8 Å². The maximum Gasteiger partial charge on any atom is 0.121 e. The van der Waals surface area contributed by atoms with Crippen LogP contribution in [0.1, 0.15) is 65.7 Å². The highest BCUT2D eigenvalue weighted by Gasteiger charge is 2.32. The van der Waals surface area contributed by atoms with Gasteiger partial charge in [0.1, 0.15) is 11.9 Å². The van der Waals surface area contributed by atoms with Gasteiger partial charge in [0.25, 0.3) is 0 Å². The lowest BCUT2D eigenvalue weighted by Crippen LogP contribution is -2.46. The molecule has 0 heterocycles. The molecule has 148 valence electrons. The van der Waals surface area contributed by atoms with Crippen molar-refractivity contribution in [2.75, 3.05) is 13.1 Å². The number of rotatable bonds is 9. The Labute approximate surface area is 166 Å². The topological polar surface area (TPSA) is 12.5 Å². The summed E-state index contributed by atoms with van der Waals surface area (Å²) in [6.45, 7) is 18.2. The van der Waals surface area contributed by atoms with Crippen molar-refractivity contribution < 1.29 is 4.74 Å². The van der Waals surface area contributed by atoms with Gasteiger partial charge in [0.05, 0.1) is 0 Å². The molecule has 0 bridgehead atoms. The second kappa shape index (κ2) is 9.41. The van der Waals surface area contributed by atoms with Crippen LogP contribution in [-0.4, -0.2) is 18.0 Å². The van der Waals surface area contributed by atoms with E-state index in [0.29, 0.717) is 11.8 Å². The summed E-state index contributed by atoms with van der Waals surface area (Å²) in [6.07, 6.45) is 0.00262. The van der Waals surface area contributed by atoms with Gasteiger partial charge in [0.15, 0.2) is 0 Å². The van der Waals surface area contributed by atoms with Crippen molar-refractivity contribution >= 4 is 0 Å². The van der Waals surface area contributed by atoms with Gasteiger partial charge < -0.3 is 4.74 Å². The van der Waals surface area contributed by atoms with Crippen LogP contribution in [0.5, 0.6) is 5.75 Å². The largest absolute Gasteiger partial charge is 0.486 e. The minimum Gasteiger partial charge on any atom is -0.486 e. The fourth-order valence-corrected chi connectivity index (χ4v) is 3.76. The molecule has 27 heavy (non-hydrogen) atoms. The molecule has 0 saturated carbocycles. The summed E-state index contributed by atoms with van der Waals surface area (Å²) in [4.78, 5) is 2.64. The maximum atomic E-state index is 6.26. The Hall–Kier alpha value is -1.80. The number of hydrogen-bond acceptors (Lipinski definition) is 2. The SMILES string of the molecule is CC(C)CN(CC(C)C)C(C)(C)c1ccccc1C(C)Oc1ccccc1. The number of ether oxygens (including phenoxy) is 1. The minimum absolute atomic E-state index is 0.00262. The Kier molecular flexibility index (Phi) is 7.49. The molecular weight excluding hydrogens is 330 g/mol. The highest BCUT2D eigenvalue weighted by Crippen LogP contribution is 2.35. The van der Waals surface area contributed by atoms with E-state index in [0.717, 1.165) is 18.8 Å². The Morgan fingerprint density at radius 2 is 1.30 bits per heavy atom. The number of benzene rings is 2. The third kappa shape index (κ3) is 5.84. The van der Waals surface area contributed by atoms with Gasteiger partial charge >= 0.3 is 0 Å². The lowest BCUT2D eigenvalue weighted by molar-refractivity contribution is 0.0858. The quantitative estimate of drug-likeness (QED) is 0.490. The van der Waals surface area contributed by atoms with Crippen LogP contribution in [0.2, 0.25) is 0 Å². The summed E-state index contributed by atoms with van der Waals surface area (Å²) in [6, 6.07) is 18.9. The Morgan fingerprint density at radius 1 is 0.778 bits per heavy atom. The summed E-state index contributed by atoms with van der Waals surface area (Å²) in [5.74, 6) is 2.18. The molecule has 2 aromatic carbocycles. The standard InChI is InChI=1S/C25H37NO/c1-19(2)17-26(18-20(3)4)25(6,7)24-16-12-11-15-23(24)21(5)27-22-13-9-8-10-14-22/h8-16,19-21H,17-18H2,1-7H3. The van der Waals surface area contributed by atoms with E-state index < -0.39 is 0 Å². The van der Waals surface area contributed by atoms with E-state index in [4.69, 9.17) is 4.74 Å². The lowest BCUT2D eigenvalue weighted by atomic mass is 9.85. The van der Waals surface area contributed by atoms with E-state index in [2.05, 4.69) is 77.6 Å². The van der Waals surface area contributed by atoms with Crippen LogP contribution in [-0.2, 0) is 5.54 Å². The van der Waals surface area contributed by atoms with E-state index >= 15 is 0 Å². The maximum absolute atomic E-state index is 6.26. The molecule has 1 unspecified atom stereocenters. The molecule has 0 aliphatic rings. The second-order valence-corrected chi connectivity index (χ2v) is 8.91. The van der Waals surface area contributed by atoms with Crippen molar-refractivity contribution in [3.63, 3.8) is 0 Å². The molecule has 0 aromatic heterocycles. The van der Waals surface area contributed by atoms with Crippen molar-refractivity contribution in [1.29, 1.82) is 0 Å². The summed E-state index contributed by atoms with van der Waals surface area (Å²) in [7, 11) is 0. The first kappa shape index (κ1) is 21.5. The Bertz CT molecular complexity index is 680. The van der Waals surface area contributed by atoms with Crippen LogP contribution in [0.25, 0.3) is 0 Å². The molecular formula is C25H37NO. The molecule has 0 N–H and O–H groups in total. The molecule has 0 spiro atoms. The van der Waals surface area contributed by atoms with Crippen molar-refractivity contribution in [3.05, 3.63) is 65.7 Å². The molecule has 0 fully saturated rings. The number of hydrogen-bond donors (Lipinski definition) is 0. The van der Waals surface area contributed by atoms with Crippen molar-refractivity contribution in [1.82, 2.24) is 4.90 Å². The molecule has 2 rings (SSSR count). The van der Waals surface area contributed by atoms with Gasteiger partial charge in [-0.3, -0.25) is 4.90 Å². The van der Waals surface area contributed by atoms with E-state index in [1.165, 1.54) is 11.1 Å². The van der Waals surface area contributed by atoms with Crippen molar-refractivity contribution in [3.8, 4) is 5.75 Å². The van der Waals surface area contributed by atoms with E-state index in [1.807, 2.05) is 30.3 Å². The molecule has 0 aliphatic carbocycles. The van der Waals surface area contributed by atoms with E-state index in [9.17, 15) is 0 Å². The first-order valence-corrected chi connectivity index (χ1v) is 10.3. The van der Waals surface area contributed by atoms with Gasteiger partial charge in [-0.25, -0.2) is 0 Å². The third-order valence-corrected chi connectivity index (χ3v) is 5.08. The molecule has 2 nitrogen and oxygen atoms in total. The zero-order chi connectivity index (χ0) is 20.0. The fraction of sp³-hybridized carbons (Fsp3) is 0.520. The lowest BCUT2D eigenvalue weighted by Gasteiger charge is -2.42.